The molecule has 106 valence electrons. The Morgan fingerprint density at radius 2 is 1.90 bits per heavy atom. The van der Waals surface area contributed by atoms with Gasteiger partial charge in [0.25, 0.3) is 0 Å². The van der Waals surface area contributed by atoms with Crippen molar-refractivity contribution in [1.29, 1.82) is 0 Å². The van der Waals surface area contributed by atoms with E-state index in [1.165, 1.54) is 43.6 Å². The molecule has 1 saturated heterocycles. The zero-order valence-corrected chi connectivity index (χ0v) is 12.1. The molecule has 0 N–H and O–H groups in total. The maximum absolute atomic E-state index is 4.46. The van der Waals surface area contributed by atoms with Crippen LogP contribution in [0.2, 0.25) is 0 Å². The van der Waals surface area contributed by atoms with Crippen LogP contribution in [0.5, 0.6) is 0 Å². The van der Waals surface area contributed by atoms with Gasteiger partial charge in [-0.25, -0.2) is 0 Å². The van der Waals surface area contributed by atoms with E-state index in [2.05, 4.69) is 33.2 Å². The molecule has 0 radical (unpaired) electrons. The summed E-state index contributed by atoms with van der Waals surface area (Å²) in [6.07, 6.45) is 9.58. The highest BCUT2D eigenvalue weighted by Gasteiger charge is 2.19. The summed E-state index contributed by atoms with van der Waals surface area (Å²) in [5.74, 6) is 0.817. The molecule has 3 rings (SSSR count). The van der Waals surface area contributed by atoms with Crippen molar-refractivity contribution in [1.82, 2.24) is 19.7 Å². The standard InChI is InChI=1S/C16H22N4/c1-19-9-6-16(18-19)13-20-10-4-15(5-11-20)12-14-2-7-17-8-3-14/h2-3,6-9,15H,4-5,10-13H2,1H3. The van der Waals surface area contributed by atoms with Gasteiger partial charge in [-0.1, -0.05) is 0 Å². The van der Waals surface area contributed by atoms with Gasteiger partial charge < -0.3 is 0 Å². The molecule has 0 saturated carbocycles. The predicted molar refractivity (Wildman–Crippen MR) is 79.2 cm³/mol. The lowest BCUT2D eigenvalue weighted by molar-refractivity contribution is 0.175. The van der Waals surface area contributed by atoms with Crippen LogP contribution >= 0.6 is 0 Å². The van der Waals surface area contributed by atoms with E-state index in [0.29, 0.717) is 0 Å². The van der Waals surface area contributed by atoms with E-state index in [9.17, 15) is 0 Å². The first-order valence-corrected chi connectivity index (χ1v) is 7.39. The van der Waals surface area contributed by atoms with Gasteiger partial charge in [0, 0.05) is 32.2 Å². The van der Waals surface area contributed by atoms with Gasteiger partial charge in [0.15, 0.2) is 0 Å². The van der Waals surface area contributed by atoms with Crippen LogP contribution in [-0.2, 0) is 20.0 Å². The molecule has 0 aromatic carbocycles. The molecule has 20 heavy (non-hydrogen) atoms. The van der Waals surface area contributed by atoms with Crippen molar-refractivity contribution in [2.75, 3.05) is 13.1 Å². The van der Waals surface area contributed by atoms with Gasteiger partial charge >= 0.3 is 0 Å². The van der Waals surface area contributed by atoms with E-state index >= 15 is 0 Å². The van der Waals surface area contributed by atoms with Gasteiger partial charge in [0.1, 0.15) is 0 Å². The van der Waals surface area contributed by atoms with E-state index in [-0.39, 0.29) is 0 Å². The molecule has 1 aliphatic rings. The van der Waals surface area contributed by atoms with Crippen LogP contribution in [0, 0.1) is 5.92 Å². The molecule has 0 bridgehead atoms. The minimum absolute atomic E-state index is 0.817. The van der Waals surface area contributed by atoms with Crippen molar-refractivity contribution in [3.8, 4) is 0 Å². The first-order chi connectivity index (χ1) is 9.79. The molecule has 4 heteroatoms. The van der Waals surface area contributed by atoms with Crippen LogP contribution in [0.25, 0.3) is 0 Å². The zero-order chi connectivity index (χ0) is 13.8. The molecule has 1 fully saturated rings. The molecular formula is C16H22N4. The van der Waals surface area contributed by atoms with Crippen LogP contribution < -0.4 is 0 Å². The Labute approximate surface area is 120 Å². The molecule has 2 aromatic heterocycles. The van der Waals surface area contributed by atoms with Crippen molar-refractivity contribution in [3.63, 3.8) is 0 Å². The number of hydrogen-bond acceptors (Lipinski definition) is 3. The Kier molecular flexibility index (Phi) is 4.11. The van der Waals surface area contributed by atoms with Gasteiger partial charge in [-0.05, 0) is 62.0 Å². The third-order valence-corrected chi connectivity index (χ3v) is 4.14. The van der Waals surface area contributed by atoms with E-state index in [1.54, 1.807) is 0 Å². The Balaban J connectivity index is 1.47. The molecule has 0 spiro atoms. The lowest BCUT2D eigenvalue weighted by Gasteiger charge is -2.31. The Morgan fingerprint density at radius 1 is 1.15 bits per heavy atom. The molecule has 2 aromatic rings. The average molecular weight is 270 g/mol. The van der Waals surface area contributed by atoms with Gasteiger partial charge in [-0.3, -0.25) is 14.6 Å². The number of pyridine rings is 1. The minimum atomic E-state index is 0.817. The molecule has 0 atom stereocenters. The second-order valence-electron chi connectivity index (χ2n) is 5.76. The summed E-state index contributed by atoms with van der Waals surface area (Å²) in [4.78, 5) is 6.60. The summed E-state index contributed by atoms with van der Waals surface area (Å²) in [5.41, 5.74) is 2.60. The molecule has 0 unspecified atom stereocenters. The smallest absolute Gasteiger partial charge is 0.0764 e. The molecule has 4 nitrogen and oxygen atoms in total. The Bertz CT molecular complexity index is 526. The topological polar surface area (TPSA) is 34.0 Å². The number of rotatable bonds is 4. The lowest BCUT2D eigenvalue weighted by Crippen LogP contribution is -2.34. The van der Waals surface area contributed by atoms with Gasteiger partial charge in [0.2, 0.25) is 0 Å². The fourth-order valence-electron chi connectivity index (χ4n) is 2.98. The predicted octanol–water partition coefficient (Wildman–Crippen LogP) is 2.27. The third kappa shape index (κ3) is 3.45. The van der Waals surface area contributed by atoms with Crippen LogP contribution in [0.4, 0.5) is 0 Å². The average Bonchev–Trinajstić information content (AvgIpc) is 2.88. The largest absolute Gasteiger partial charge is 0.297 e. The molecular weight excluding hydrogens is 248 g/mol. The van der Waals surface area contributed by atoms with Crippen molar-refractivity contribution < 1.29 is 0 Å². The molecule has 0 amide bonds. The van der Waals surface area contributed by atoms with Crippen molar-refractivity contribution in [2.45, 2.75) is 25.8 Å². The van der Waals surface area contributed by atoms with Gasteiger partial charge in [-0.2, -0.15) is 5.10 Å². The summed E-state index contributed by atoms with van der Waals surface area (Å²) in [6.45, 7) is 3.36. The summed E-state index contributed by atoms with van der Waals surface area (Å²) >= 11 is 0. The fourth-order valence-corrected chi connectivity index (χ4v) is 2.98. The summed E-state index contributed by atoms with van der Waals surface area (Å²) < 4.78 is 1.88. The highest BCUT2D eigenvalue weighted by atomic mass is 15.3. The summed E-state index contributed by atoms with van der Waals surface area (Å²) in [5, 5.41) is 4.46. The van der Waals surface area contributed by atoms with Crippen molar-refractivity contribution >= 4 is 0 Å². The van der Waals surface area contributed by atoms with E-state index in [4.69, 9.17) is 0 Å². The summed E-state index contributed by atoms with van der Waals surface area (Å²) in [7, 11) is 1.98. The van der Waals surface area contributed by atoms with Crippen molar-refractivity contribution in [3.05, 3.63) is 48.0 Å². The van der Waals surface area contributed by atoms with Crippen LogP contribution in [0.1, 0.15) is 24.1 Å². The second kappa shape index (κ2) is 6.18. The molecule has 1 aliphatic heterocycles. The van der Waals surface area contributed by atoms with Crippen LogP contribution in [0.15, 0.2) is 36.8 Å². The number of aryl methyl sites for hydroxylation is 1. The SMILES string of the molecule is Cn1ccc(CN2CCC(Cc3ccncc3)CC2)n1. The van der Waals surface area contributed by atoms with E-state index in [0.717, 1.165) is 12.5 Å². The van der Waals surface area contributed by atoms with E-state index < -0.39 is 0 Å². The first kappa shape index (κ1) is 13.3. The normalized spacial score (nSPS) is 17.4. The monoisotopic (exact) mass is 270 g/mol. The third-order valence-electron chi connectivity index (χ3n) is 4.14. The maximum Gasteiger partial charge on any atom is 0.0764 e. The van der Waals surface area contributed by atoms with Crippen LogP contribution in [0.3, 0.4) is 0 Å². The fraction of sp³-hybridized carbons (Fsp3) is 0.500. The number of aromatic nitrogens is 3. The Hall–Kier alpha value is -1.68. The zero-order valence-electron chi connectivity index (χ0n) is 12.1. The number of likely N-dealkylation sites (tertiary alicyclic amines) is 1. The van der Waals surface area contributed by atoms with Gasteiger partial charge in [-0.15, -0.1) is 0 Å². The van der Waals surface area contributed by atoms with Gasteiger partial charge in [0.05, 0.1) is 5.69 Å². The lowest BCUT2D eigenvalue weighted by atomic mass is 9.90. The highest BCUT2D eigenvalue weighted by Crippen LogP contribution is 2.22. The number of nitrogens with zero attached hydrogens (tertiary/aromatic N) is 4. The molecule has 0 aliphatic carbocycles. The van der Waals surface area contributed by atoms with E-state index in [1.807, 2.05) is 30.3 Å². The highest BCUT2D eigenvalue weighted by molar-refractivity contribution is 5.10. The summed E-state index contributed by atoms with van der Waals surface area (Å²) in [6, 6.07) is 6.39. The quantitative estimate of drug-likeness (QED) is 0.854. The maximum atomic E-state index is 4.46. The Morgan fingerprint density at radius 3 is 2.55 bits per heavy atom. The second-order valence-corrected chi connectivity index (χ2v) is 5.76. The molecule has 3 heterocycles. The number of piperidine rings is 1. The first-order valence-electron chi connectivity index (χ1n) is 7.39. The number of hydrogen-bond donors (Lipinski definition) is 0. The van der Waals surface area contributed by atoms with Crippen LogP contribution in [-0.4, -0.2) is 32.8 Å². The van der Waals surface area contributed by atoms with Crippen molar-refractivity contribution in [2.24, 2.45) is 13.0 Å². The minimum Gasteiger partial charge on any atom is -0.297 e.